The van der Waals surface area contributed by atoms with Crippen molar-refractivity contribution in [3.63, 3.8) is 0 Å². The smallest absolute Gasteiger partial charge is 0.325 e. The summed E-state index contributed by atoms with van der Waals surface area (Å²) >= 11 is 1.16. The number of halogens is 3. The third-order valence-corrected chi connectivity index (χ3v) is 5.02. The molecule has 1 amide bonds. The number of hydrogen-bond donors (Lipinski definition) is 1. The predicted octanol–water partition coefficient (Wildman–Crippen LogP) is 4.02. The minimum Gasteiger partial charge on any atom is -0.325 e. The Morgan fingerprint density at radius 2 is 1.89 bits per heavy atom. The number of rotatable bonds is 5. The molecule has 0 radical (unpaired) electrons. The van der Waals surface area contributed by atoms with Crippen LogP contribution in [-0.4, -0.2) is 30.9 Å². The first-order valence-electron chi connectivity index (χ1n) is 8.20. The van der Waals surface area contributed by atoms with Crippen LogP contribution in [0.2, 0.25) is 0 Å². The molecule has 2 aromatic heterocycles. The largest absolute Gasteiger partial charge is 0.416 e. The molecule has 0 aliphatic carbocycles. The molecule has 0 aliphatic heterocycles. The highest BCUT2D eigenvalue weighted by Crippen LogP contribution is 2.31. The summed E-state index contributed by atoms with van der Waals surface area (Å²) in [4.78, 5) is 16.3. The van der Waals surface area contributed by atoms with Gasteiger partial charge in [-0.05, 0) is 37.3 Å². The van der Waals surface area contributed by atoms with Crippen molar-refractivity contribution in [1.82, 2.24) is 19.7 Å². The Morgan fingerprint density at radius 1 is 1.18 bits per heavy atom. The van der Waals surface area contributed by atoms with E-state index < -0.39 is 22.9 Å². The van der Waals surface area contributed by atoms with Crippen LogP contribution >= 0.6 is 11.8 Å². The molecule has 0 bridgehead atoms. The minimum absolute atomic E-state index is 0.0858. The molecule has 3 aromatic rings. The number of alkyl halides is 3. The van der Waals surface area contributed by atoms with Crippen LogP contribution in [0.15, 0.2) is 53.9 Å². The molecule has 0 saturated heterocycles. The lowest BCUT2D eigenvalue weighted by molar-refractivity contribution is -0.137. The Morgan fingerprint density at radius 3 is 2.57 bits per heavy atom. The standard InChI is InChI=1S/C18H16F3N5OS/c1-11(16(27)23-14-5-3-4-13(10-14)18(19,20)21)28-17-25-24-15(26(17)2)12-6-8-22-9-7-12/h3-11H,1-2H3,(H,23,27)/t11-/m0/s1. The van der Waals surface area contributed by atoms with Gasteiger partial charge in [-0.15, -0.1) is 10.2 Å². The quantitative estimate of drug-likeness (QED) is 0.647. The molecule has 1 N–H and O–H groups in total. The van der Waals surface area contributed by atoms with Gasteiger partial charge in [-0.1, -0.05) is 17.8 Å². The second-order valence-corrected chi connectivity index (χ2v) is 7.24. The van der Waals surface area contributed by atoms with Crippen LogP contribution in [-0.2, 0) is 18.0 Å². The first-order chi connectivity index (χ1) is 13.3. The van der Waals surface area contributed by atoms with E-state index in [1.807, 2.05) is 0 Å². The lowest BCUT2D eigenvalue weighted by atomic mass is 10.2. The van der Waals surface area contributed by atoms with Gasteiger partial charge in [0.1, 0.15) is 0 Å². The maximum Gasteiger partial charge on any atom is 0.416 e. The number of benzene rings is 1. The summed E-state index contributed by atoms with van der Waals surface area (Å²) in [6.45, 7) is 1.65. The van der Waals surface area contributed by atoms with Gasteiger partial charge in [0.05, 0.1) is 10.8 Å². The summed E-state index contributed by atoms with van der Waals surface area (Å²) in [6, 6.07) is 8.10. The number of amides is 1. The van der Waals surface area contributed by atoms with E-state index in [2.05, 4.69) is 20.5 Å². The predicted molar refractivity (Wildman–Crippen MR) is 99.6 cm³/mol. The van der Waals surface area contributed by atoms with Crippen LogP contribution in [0.1, 0.15) is 12.5 Å². The maximum absolute atomic E-state index is 12.8. The van der Waals surface area contributed by atoms with E-state index in [4.69, 9.17) is 0 Å². The molecule has 0 saturated carbocycles. The van der Waals surface area contributed by atoms with Gasteiger partial charge in [-0.3, -0.25) is 9.78 Å². The Labute approximate surface area is 163 Å². The number of aromatic nitrogens is 4. The second kappa shape index (κ2) is 8.01. The summed E-state index contributed by atoms with van der Waals surface area (Å²) in [5.74, 6) is 0.188. The fourth-order valence-electron chi connectivity index (χ4n) is 2.40. The molecule has 10 heteroatoms. The molecule has 146 valence electrons. The van der Waals surface area contributed by atoms with Gasteiger partial charge >= 0.3 is 6.18 Å². The third kappa shape index (κ3) is 4.50. The number of carbonyl (C=O) groups is 1. The Hall–Kier alpha value is -2.88. The number of hydrogen-bond acceptors (Lipinski definition) is 5. The summed E-state index contributed by atoms with van der Waals surface area (Å²) in [5, 5.41) is 10.6. The average Bonchev–Trinajstić information content (AvgIpc) is 3.02. The van der Waals surface area contributed by atoms with E-state index in [0.717, 1.165) is 29.5 Å². The van der Waals surface area contributed by atoms with E-state index in [-0.39, 0.29) is 5.69 Å². The fourth-order valence-corrected chi connectivity index (χ4v) is 3.21. The van der Waals surface area contributed by atoms with Gasteiger partial charge in [0, 0.05) is 30.7 Å². The monoisotopic (exact) mass is 407 g/mol. The highest BCUT2D eigenvalue weighted by Gasteiger charge is 2.30. The van der Waals surface area contributed by atoms with Gasteiger partial charge in [0.2, 0.25) is 5.91 Å². The zero-order valence-corrected chi connectivity index (χ0v) is 15.8. The van der Waals surface area contributed by atoms with Crippen LogP contribution in [0.5, 0.6) is 0 Å². The highest BCUT2D eigenvalue weighted by molar-refractivity contribution is 8.00. The van der Waals surface area contributed by atoms with E-state index >= 15 is 0 Å². The van der Waals surface area contributed by atoms with Crippen molar-refractivity contribution in [2.75, 3.05) is 5.32 Å². The zero-order valence-electron chi connectivity index (χ0n) is 14.9. The van der Waals surface area contributed by atoms with Crippen LogP contribution in [0.4, 0.5) is 18.9 Å². The number of nitrogens with one attached hydrogen (secondary N) is 1. The van der Waals surface area contributed by atoms with E-state index in [9.17, 15) is 18.0 Å². The molecule has 28 heavy (non-hydrogen) atoms. The molecule has 2 heterocycles. The molecule has 0 unspecified atom stereocenters. The molecule has 0 spiro atoms. The van der Waals surface area contributed by atoms with Crippen molar-refractivity contribution >= 4 is 23.4 Å². The lowest BCUT2D eigenvalue weighted by Crippen LogP contribution is -2.23. The van der Waals surface area contributed by atoms with Crippen molar-refractivity contribution in [3.05, 3.63) is 54.4 Å². The highest BCUT2D eigenvalue weighted by atomic mass is 32.2. The van der Waals surface area contributed by atoms with Gasteiger partial charge in [-0.2, -0.15) is 13.2 Å². The summed E-state index contributed by atoms with van der Waals surface area (Å²) in [5.41, 5.74) is 0.0986. The Balaban J connectivity index is 1.69. The van der Waals surface area contributed by atoms with Crippen molar-refractivity contribution < 1.29 is 18.0 Å². The molecule has 3 rings (SSSR count). The maximum atomic E-state index is 12.8. The van der Waals surface area contributed by atoms with Crippen LogP contribution in [0.25, 0.3) is 11.4 Å². The molecule has 1 aromatic carbocycles. The number of pyridine rings is 1. The fraction of sp³-hybridized carbons (Fsp3) is 0.222. The summed E-state index contributed by atoms with van der Waals surface area (Å²) < 4.78 is 40.1. The number of anilines is 1. The van der Waals surface area contributed by atoms with Crippen LogP contribution in [0, 0.1) is 0 Å². The van der Waals surface area contributed by atoms with Gasteiger partial charge in [0.15, 0.2) is 11.0 Å². The van der Waals surface area contributed by atoms with Crippen molar-refractivity contribution in [2.24, 2.45) is 7.05 Å². The molecule has 6 nitrogen and oxygen atoms in total. The van der Waals surface area contributed by atoms with Crippen molar-refractivity contribution in [1.29, 1.82) is 0 Å². The first-order valence-corrected chi connectivity index (χ1v) is 9.08. The molecule has 0 fully saturated rings. The van der Waals surface area contributed by atoms with Gasteiger partial charge in [-0.25, -0.2) is 0 Å². The van der Waals surface area contributed by atoms with Crippen molar-refractivity contribution in [3.8, 4) is 11.4 Å². The van der Waals surface area contributed by atoms with E-state index in [0.29, 0.717) is 11.0 Å². The Bertz CT molecular complexity index is 975. The van der Waals surface area contributed by atoms with Crippen molar-refractivity contribution in [2.45, 2.75) is 23.5 Å². The first kappa shape index (κ1) is 19.9. The molecular formula is C18H16F3N5OS. The van der Waals surface area contributed by atoms with E-state index in [1.54, 1.807) is 43.1 Å². The van der Waals surface area contributed by atoms with Crippen LogP contribution in [0.3, 0.4) is 0 Å². The third-order valence-electron chi connectivity index (χ3n) is 3.88. The molecule has 0 aliphatic rings. The number of thioether (sulfide) groups is 1. The van der Waals surface area contributed by atoms with Crippen LogP contribution < -0.4 is 5.32 Å². The average molecular weight is 407 g/mol. The Kier molecular flexibility index (Phi) is 5.68. The topological polar surface area (TPSA) is 72.7 Å². The normalized spacial score (nSPS) is 12.6. The SMILES string of the molecule is C[C@H](Sc1nnc(-c2ccncc2)n1C)C(=O)Nc1cccc(C(F)(F)F)c1. The second-order valence-electron chi connectivity index (χ2n) is 5.93. The summed E-state index contributed by atoms with van der Waals surface area (Å²) in [7, 11) is 1.77. The molecule has 1 atom stereocenters. The molecular weight excluding hydrogens is 391 g/mol. The van der Waals surface area contributed by atoms with Gasteiger partial charge < -0.3 is 9.88 Å². The van der Waals surface area contributed by atoms with Gasteiger partial charge in [0.25, 0.3) is 0 Å². The lowest BCUT2D eigenvalue weighted by Gasteiger charge is -2.13. The van der Waals surface area contributed by atoms with E-state index in [1.165, 1.54) is 12.1 Å². The zero-order chi connectivity index (χ0) is 20.3. The minimum atomic E-state index is -4.47. The summed E-state index contributed by atoms with van der Waals surface area (Å²) in [6.07, 6.45) is -1.19. The number of nitrogens with zero attached hydrogens (tertiary/aromatic N) is 4. The number of carbonyl (C=O) groups excluding carboxylic acids is 1.